The van der Waals surface area contributed by atoms with Crippen molar-refractivity contribution in [1.82, 2.24) is 0 Å². The van der Waals surface area contributed by atoms with Gasteiger partial charge < -0.3 is 39.9 Å². The number of unbranched alkanes of at least 4 members (excludes halogenated alkanes) is 33. The number of aliphatic hydroxyl groups is 5. The number of hydrogen-bond donors (Lipinski definition) is 6. The van der Waals surface area contributed by atoms with Crippen molar-refractivity contribution >= 4 is 13.8 Å². The van der Waals surface area contributed by atoms with Gasteiger partial charge in [0.05, 0.1) is 13.2 Å². The first kappa shape index (κ1) is 62.1. The van der Waals surface area contributed by atoms with E-state index in [9.17, 15) is 39.8 Å². The van der Waals surface area contributed by atoms with Crippen molar-refractivity contribution in [3.63, 3.8) is 0 Å². The van der Waals surface area contributed by atoms with E-state index in [1.807, 2.05) is 0 Å². The lowest BCUT2D eigenvalue weighted by Gasteiger charge is -2.41. The molecule has 1 rings (SSSR count). The van der Waals surface area contributed by atoms with Crippen molar-refractivity contribution in [1.29, 1.82) is 0 Å². The summed E-state index contributed by atoms with van der Waals surface area (Å²) in [6.45, 7) is 4.30. The SMILES string of the molecule is CCCCCCCCCC/C=C\CCCCCCCCCCCCCCOCC(COP(=O)(O)OC1C(O)C(O)C(O)C(O)C1O)OC(=O)CCCCCCCCCCCCCCCC. The van der Waals surface area contributed by atoms with E-state index in [0.717, 1.165) is 38.5 Å². The van der Waals surface area contributed by atoms with Crippen LogP contribution in [0.3, 0.4) is 0 Å². The molecule has 13 heteroatoms. The number of carbonyl (C=O) groups excluding carboxylic acids is 1. The highest BCUT2D eigenvalue weighted by molar-refractivity contribution is 7.47. The predicted octanol–water partition coefficient (Wildman–Crippen LogP) is 12.3. The summed E-state index contributed by atoms with van der Waals surface area (Å²) in [5.41, 5.74) is 0. The standard InChI is InChI=1S/C52H101O12P/c1-3-5-7-9-11-13-15-17-19-20-21-22-23-24-25-26-27-28-30-32-34-36-38-40-42-61-43-45(44-62-65(59,60)64-52-50(57)48(55)47(54)49(56)51(52)58)63-46(53)41-39-37-35-33-31-29-18-16-14-12-10-8-6-4-2/h20-21,45,47-52,54-58H,3-19,22-44H2,1-2H3,(H,59,60)/b21-20-. The molecule has 0 heterocycles. The molecule has 1 saturated carbocycles. The quantitative estimate of drug-likeness (QED) is 0.0147. The Morgan fingerprint density at radius 2 is 0.815 bits per heavy atom. The third kappa shape index (κ3) is 34.9. The number of allylic oxidation sites excluding steroid dienone is 2. The molecule has 0 bridgehead atoms. The molecule has 0 aromatic carbocycles. The minimum Gasteiger partial charge on any atom is -0.457 e. The van der Waals surface area contributed by atoms with Gasteiger partial charge in [0.1, 0.15) is 42.7 Å². The summed E-state index contributed by atoms with van der Waals surface area (Å²) in [4.78, 5) is 23.2. The molecule has 12 nitrogen and oxygen atoms in total. The molecular weight excluding hydrogens is 848 g/mol. The third-order valence-electron chi connectivity index (χ3n) is 12.9. The molecular formula is C52H101O12P. The van der Waals surface area contributed by atoms with Crippen LogP contribution in [0.2, 0.25) is 0 Å². The summed E-state index contributed by atoms with van der Waals surface area (Å²) in [5, 5.41) is 50.3. The summed E-state index contributed by atoms with van der Waals surface area (Å²) in [5.74, 6) is -0.472. The highest BCUT2D eigenvalue weighted by atomic mass is 31.2. The number of esters is 1. The Morgan fingerprint density at radius 3 is 1.22 bits per heavy atom. The van der Waals surface area contributed by atoms with Crippen LogP contribution in [-0.2, 0) is 27.9 Å². The molecule has 0 aromatic heterocycles. The summed E-state index contributed by atoms with van der Waals surface area (Å²) in [6.07, 6.45) is 37.1. The van der Waals surface area contributed by atoms with Gasteiger partial charge in [-0.05, 0) is 38.5 Å². The Labute approximate surface area is 397 Å². The van der Waals surface area contributed by atoms with Gasteiger partial charge in [0, 0.05) is 13.0 Å². The normalized spacial score (nSPS) is 21.5. The van der Waals surface area contributed by atoms with Crippen LogP contribution in [0.4, 0.5) is 0 Å². The van der Waals surface area contributed by atoms with E-state index < -0.39 is 63.1 Å². The fourth-order valence-corrected chi connectivity index (χ4v) is 9.56. The largest absolute Gasteiger partial charge is 0.472 e. The third-order valence-corrected chi connectivity index (χ3v) is 13.9. The van der Waals surface area contributed by atoms with Gasteiger partial charge in [-0.15, -0.1) is 0 Å². The molecule has 1 fully saturated rings. The summed E-state index contributed by atoms with van der Waals surface area (Å²) in [6, 6.07) is 0. The fraction of sp³-hybridized carbons (Fsp3) is 0.942. The first-order valence-corrected chi connectivity index (χ1v) is 28.5. The minimum atomic E-state index is -5.02. The molecule has 6 atom stereocenters. The maximum atomic E-state index is 12.9. The van der Waals surface area contributed by atoms with Crippen molar-refractivity contribution in [3.8, 4) is 0 Å². The van der Waals surface area contributed by atoms with Crippen LogP contribution in [0, 0.1) is 0 Å². The lowest BCUT2D eigenvalue weighted by Crippen LogP contribution is -2.64. The number of ether oxygens (including phenoxy) is 2. The number of phosphoric ester groups is 1. The minimum absolute atomic E-state index is 0.0706. The number of carbonyl (C=O) groups is 1. The van der Waals surface area contributed by atoms with Crippen molar-refractivity contribution in [3.05, 3.63) is 12.2 Å². The Balaban J connectivity index is 2.27. The van der Waals surface area contributed by atoms with Gasteiger partial charge in [0.2, 0.25) is 0 Å². The van der Waals surface area contributed by atoms with E-state index >= 15 is 0 Å². The maximum Gasteiger partial charge on any atom is 0.472 e. The van der Waals surface area contributed by atoms with Gasteiger partial charge in [-0.25, -0.2) is 4.57 Å². The highest BCUT2D eigenvalue weighted by Gasteiger charge is 2.51. The summed E-state index contributed by atoms with van der Waals surface area (Å²) < 4.78 is 34.3. The second-order valence-corrected chi connectivity index (χ2v) is 20.5. The molecule has 6 N–H and O–H groups in total. The van der Waals surface area contributed by atoms with Gasteiger partial charge in [0.25, 0.3) is 0 Å². The molecule has 1 aliphatic carbocycles. The maximum absolute atomic E-state index is 12.9. The molecule has 0 radical (unpaired) electrons. The lowest BCUT2D eigenvalue weighted by molar-refractivity contribution is -0.220. The van der Waals surface area contributed by atoms with Crippen LogP contribution >= 0.6 is 7.82 Å². The number of hydrogen-bond acceptors (Lipinski definition) is 11. The Morgan fingerprint density at radius 1 is 0.477 bits per heavy atom. The van der Waals surface area contributed by atoms with E-state index in [4.69, 9.17) is 18.5 Å². The number of aliphatic hydroxyl groups excluding tert-OH is 5. The molecule has 6 unspecified atom stereocenters. The van der Waals surface area contributed by atoms with Crippen LogP contribution in [0.25, 0.3) is 0 Å². The smallest absolute Gasteiger partial charge is 0.457 e. The van der Waals surface area contributed by atoms with E-state index in [0.29, 0.717) is 13.0 Å². The molecule has 1 aliphatic rings. The van der Waals surface area contributed by atoms with E-state index in [1.165, 1.54) is 186 Å². The van der Waals surface area contributed by atoms with Crippen molar-refractivity contribution in [2.24, 2.45) is 0 Å². The van der Waals surface area contributed by atoms with E-state index in [-0.39, 0.29) is 13.0 Å². The first-order chi connectivity index (χ1) is 31.5. The second-order valence-electron chi connectivity index (χ2n) is 19.1. The Kier molecular flexibility index (Phi) is 41.2. The lowest BCUT2D eigenvalue weighted by atomic mass is 9.85. The Bertz CT molecular complexity index is 1130. The topological polar surface area (TPSA) is 192 Å². The van der Waals surface area contributed by atoms with Crippen LogP contribution < -0.4 is 0 Å². The molecule has 65 heavy (non-hydrogen) atoms. The van der Waals surface area contributed by atoms with Gasteiger partial charge in [-0.1, -0.05) is 219 Å². The van der Waals surface area contributed by atoms with Gasteiger partial charge in [-0.2, -0.15) is 0 Å². The van der Waals surface area contributed by atoms with Crippen molar-refractivity contribution in [2.75, 3.05) is 19.8 Å². The molecule has 0 spiro atoms. The fourth-order valence-electron chi connectivity index (χ4n) is 8.59. The van der Waals surface area contributed by atoms with E-state index in [1.54, 1.807) is 0 Å². The summed E-state index contributed by atoms with van der Waals surface area (Å²) in [7, 11) is -5.02. The zero-order valence-corrected chi connectivity index (χ0v) is 42.5. The van der Waals surface area contributed by atoms with Gasteiger partial charge in [0.15, 0.2) is 0 Å². The zero-order valence-electron chi connectivity index (χ0n) is 41.6. The van der Waals surface area contributed by atoms with Crippen molar-refractivity contribution < 1.29 is 58.3 Å². The molecule has 386 valence electrons. The van der Waals surface area contributed by atoms with Gasteiger partial charge in [-0.3, -0.25) is 13.8 Å². The molecule has 0 aliphatic heterocycles. The molecule has 0 aromatic rings. The van der Waals surface area contributed by atoms with Crippen LogP contribution in [0.1, 0.15) is 251 Å². The van der Waals surface area contributed by atoms with Crippen LogP contribution in [0.5, 0.6) is 0 Å². The number of phosphoric acid groups is 1. The predicted molar refractivity (Wildman–Crippen MR) is 263 cm³/mol. The van der Waals surface area contributed by atoms with Crippen LogP contribution in [-0.4, -0.2) is 98.9 Å². The summed E-state index contributed by atoms with van der Waals surface area (Å²) >= 11 is 0. The Hall–Kier alpha value is -0.920. The average Bonchev–Trinajstić information content (AvgIpc) is 3.29. The number of rotatable bonds is 47. The average molecular weight is 949 g/mol. The first-order valence-electron chi connectivity index (χ1n) is 27.0. The van der Waals surface area contributed by atoms with Crippen LogP contribution in [0.15, 0.2) is 12.2 Å². The zero-order chi connectivity index (χ0) is 47.6. The van der Waals surface area contributed by atoms with Gasteiger partial charge >= 0.3 is 13.8 Å². The highest BCUT2D eigenvalue weighted by Crippen LogP contribution is 2.47. The molecule has 0 amide bonds. The molecule has 0 saturated heterocycles. The van der Waals surface area contributed by atoms with Crippen molar-refractivity contribution in [2.45, 2.75) is 294 Å². The second kappa shape index (κ2) is 43.1. The monoisotopic (exact) mass is 949 g/mol. The van der Waals surface area contributed by atoms with E-state index in [2.05, 4.69) is 26.0 Å².